The van der Waals surface area contributed by atoms with Crippen LogP contribution in [0.25, 0.3) is 0 Å². The van der Waals surface area contributed by atoms with Crippen molar-refractivity contribution >= 4 is 23.3 Å². The van der Waals surface area contributed by atoms with Crippen molar-refractivity contribution in [2.24, 2.45) is 5.73 Å². The van der Waals surface area contributed by atoms with Crippen LogP contribution in [0.1, 0.15) is 64.8 Å². The van der Waals surface area contributed by atoms with Gasteiger partial charge in [-0.2, -0.15) is 0 Å². The summed E-state index contributed by atoms with van der Waals surface area (Å²) in [6, 6.07) is 18.3. The Morgan fingerprint density at radius 3 is 1.88 bits per heavy atom. The average Bonchev–Trinajstić information content (AvgIpc) is 2.74. The minimum absolute atomic E-state index is 0.112. The number of carbonyl (C=O) groups is 1. The van der Waals surface area contributed by atoms with Crippen LogP contribution in [-0.4, -0.2) is 34.9 Å². The molecule has 6 nitrogen and oxygen atoms in total. The van der Waals surface area contributed by atoms with E-state index in [1.165, 1.54) is 0 Å². The van der Waals surface area contributed by atoms with E-state index in [9.17, 15) is 4.79 Å². The van der Waals surface area contributed by atoms with Crippen molar-refractivity contribution < 1.29 is 14.3 Å². The minimum Gasteiger partial charge on any atom is -0.458 e. The van der Waals surface area contributed by atoms with E-state index in [0.29, 0.717) is 5.11 Å². The maximum absolute atomic E-state index is 12.8. The van der Waals surface area contributed by atoms with Crippen LogP contribution >= 0.6 is 12.2 Å². The molecule has 4 N–H and O–H groups in total. The summed E-state index contributed by atoms with van der Waals surface area (Å²) in [5.74, 6) is -0.431. The molecule has 0 unspecified atom stereocenters. The van der Waals surface area contributed by atoms with Crippen LogP contribution < -0.4 is 16.4 Å². The molecular weight excluding hydrogens is 434 g/mol. The highest BCUT2D eigenvalue weighted by molar-refractivity contribution is 7.80. The van der Waals surface area contributed by atoms with Gasteiger partial charge in [-0.05, 0) is 64.9 Å². The van der Waals surface area contributed by atoms with Crippen molar-refractivity contribution in [3.8, 4) is 0 Å². The van der Waals surface area contributed by atoms with Crippen LogP contribution in [0.4, 0.5) is 0 Å². The van der Waals surface area contributed by atoms with Crippen molar-refractivity contribution in [3.63, 3.8) is 0 Å². The van der Waals surface area contributed by atoms with Gasteiger partial charge in [0.25, 0.3) is 0 Å². The fourth-order valence-electron chi connectivity index (χ4n) is 3.12. The predicted molar refractivity (Wildman–Crippen MR) is 137 cm³/mol. The Morgan fingerprint density at radius 2 is 1.39 bits per heavy atom. The van der Waals surface area contributed by atoms with Gasteiger partial charge in [0.2, 0.25) is 0 Å². The van der Waals surface area contributed by atoms with Crippen molar-refractivity contribution in [1.82, 2.24) is 10.6 Å². The van der Waals surface area contributed by atoms with E-state index in [4.69, 9.17) is 27.4 Å². The summed E-state index contributed by atoms with van der Waals surface area (Å²) in [5, 5.41) is 6.69. The summed E-state index contributed by atoms with van der Waals surface area (Å²) in [4.78, 5) is 12.8. The molecule has 180 valence electrons. The molecule has 0 aliphatic heterocycles. The first-order valence-corrected chi connectivity index (χ1v) is 11.6. The third-order valence-electron chi connectivity index (χ3n) is 4.67. The van der Waals surface area contributed by atoms with Gasteiger partial charge in [0.05, 0.1) is 24.3 Å². The Morgan fingerprint density at radius 1 is 0.879 bits per heavy atom. The van der Waals surface area contributed by atoms with Crippen molar-refractivity contribution in [1.29, 1.82) is 0 Å². The molecule has 2 rings (SSSR count). The summed E-state index contributed by atoms with van der Waals surface area (Å²) in [6.45, 7) is 11.4. The molecule has 3 atom stereocenters. The fourth-order valence-corrected chi connectivity index (χ4v) is 3.39. The number of ether oxygens (including phenoxy) is 2. The molecule has 33 heavy (non-hydrogen) atoms. The van der Waals surface area contributed by atoms with Crippen LogP contribution in [0.3, 0.4) is 0 Å². The number of carbonyl (C=O) groups excluding carboxylic acids is 1. The molecular formula is C26H37N3O3S. The lowest BCUT2D eigenvalue weighted by molar-refractivity contribution is -0.160. The van der Waals surface area contributed by atoms with E-state index in [2.05, 4.69) is 10.6 Å². The first-order valence-electron chi connectivity index (χ1n) is 11.1. The van der Waals surface area contributed by atoms with E-state index in [0.717, 1.165) is 11.1 Å². The van der Waals surface area contributed by atoms with Gasteiger partial charge in [-0.15, -0.1) is 0 Å². The molecule has 0 bridgehead atoms. The summed E-state index contributed by atoms with van der Waals surface area (Å²) < 4.78 is 11.4. The number of rotatable bonds is 8. The van der Waals surface area contributed by atoms with Gasteiger partial charge >= 0.3 is 5.97 Å². The molecule has 0 amide bonds. The Bertz CT molecular complexity index is 892. The smallest absolute Gasteiger partial charge is 0.331 e. The van der Waals surface area contributed by atoms with E-state index >= 15 is 0 Å². The zero-order valence-corrected chi connectivity index (χ0v) is 21.2. The minimum atomic E-state index is -0.771. The van der Waals surface area contributed by atoms with Crippen molar-refractivity contribution in [2.75, 3.05) is 6.61 Å². The Kier molecular flexibility index (Phi) is 9.40. The molecule has 0 aliphatic rings. The molecule has 0 saturated carbocycles. The van der Waals surface area contributed by atoms with E-state index in [1.807, 2.05) is 102 Å². The van der Waals surface area contributed by atoms with Crippen molar-refractivity contribution in [3.05, 3.63) is 71.8 Å². The molecule has 2 aromatic rings. The second-order valence-electron chi connectivity index (χ2n) is 9.95. The maximum Gasteiger partial charge on any atom is 0.331 e. The number of esters is 1. The SMILES string of the molecule is CC(C)(C)OC[C@H](NC(=S)N[C@@H](c1ccccc1)[C@@H](N)c1ccccc1)C(=O)OC(C)(C)C. The topological polar surface area (TPSA) is 85.6 Å². The highest BCUT2D eigenvalue weighted by Gasteiger charge is 2.29. The van der Waals surface area contributed by atoms with Gasteiger partial charge in [-0.1, -0.05) is 60.7 Å². The van der Waals surface area contributed by atoms with E-state index < -0.39 is 23.2 Å². The monoisotopic (exact) mass is 471 g/mol. The Hall–Kier alpha value is -2.48. The summed E-state index contributed by atoms with van der Waals surface area (Å²) in [6.07, 6.45) is 0. The molecule has 0 heterocycles. The average molecular weight is 472 g/mol. The predicted octanol–water partition coefficient (Wildman–Crippen LogP) is 4.42. The zero-order valence-electron chi connectivity index (χ0n) is 20.4. The lowest BCUT2D eigenvalue weighted by Crippen LogP contribution is -2.52. The van der Waals surface area contributed by atoms with E-state index in [-0.39, 0.29) is 18.7 Å². The Balaban J connectivity index is 2.21. The third kappa shape index (κ3) is 9.50. The molecule has 7 heteroatoms. The molecule has 0 saturated heterocycles. The first kappa shape index (κ1) is 26.8. The highest BCUT2D eigenvalue weighted by Crippen LogP contribution is 2.26. The van der Waals surface area contributed by atoms with Crippen LogP contribution in [0.2, 0.25) is 0 Å². The number of benzene rings is 2. The standard InChI is InChI=1S/C26H37N3O3S/c1-25(2,3)31-17-20(23(30)32-26(4,5)6)28-24(33)29-22(19-15-11-8-12-16-19)21(27)18-13-9-7-10-14-18/h7-16,20-22H,17,27H2,1-6H3,(H2,28,29,33)/t20-,21-,22-/m0/s1. The number of nitrogens with one attached hydrogen (secondary N) is 2. The van der Waals surface area contributed by atoms with Crippen LogP contribution in [-0.2, 0) is 14.3 Å². The maximum atomic E-state index is 12.8. The summed E-state index contributed by atoms with van der Waals surface area (Å²) in [5.41, 5.74) is 7.55. The molecule has 2 aromatic carbocycles. The normalized spacial score (nSPS) is 14.6. The van der Waals surface area contributed by atoms with Gasteiger partial charge in [0.1, 0.15) is 11.6 Å². The van der Waals surface area contributed by atoms with Crippen LogP contribution in [0.5, 0.6) is 0 Å². The van der Waals surface area contributed by atoms with Crippen molar-refractivity contribution in [2.45, 2.75) is 70.9 Å². The summed E-state index contributed by atoms with van der Waals surface area (Å²) in [7, 11) is 0. The second-order valence-corrected chi connectivity index (χ2v) is 10.4. The lowest BCUT2D eigenvalue weighted by Gasteiger charge is -2.30. The van der Waals surface area contributed by atoms with Gasteiger partial charge in [-0.3, -0.25) is 0 Å². The van der Waals surface area contributed by atoms with Crippen LogP contribution in [0, 0.1) is 0 Å². The number of thiocarbonyl (C=S) groups is 1. The number of hydrogen-bond donors (Lipinski definition) is 3. The van der Waals surface area contributed by atoms with Gasteiger partial charge in [0, 0.05) is 0 Å². The third-order valence-corrected chi connectivity index (χ3v) is 4.90. The zero-order chi connectivity index (χ0) is 24.6. The lowest BCUT2D eigenvalue weighted by atomic mass is 9.94. The van der Waals surface area contributed by atoms with E-state index in [1.54, 1.807) is 0 Å². The Labute approximate surface area is 203 Å². The molecule has 0 aromatic heterocycles. The van der Waals surface area contributed by atoms with Gasteiger partial charge in [0.15, 0.2) is 5.11 Å². The second kappa shape index (κ2) is 11.6. The largest absolute Gasteiger partial charge is 0.458 e. The van der Waals surface area contributed by atoms with Crippen LogP contribution in [0.15, 0.2) is 60.7 Å². The quantitative estimate of drug-likeness (QED) is 0.388. The summed E-state index contributed by atoms with van der Waals surface area (Å²) >= 11 is 5.60. The van der Waals surface area contributed by atoms with Gasteiger partial charge < -0.3 is 25.8 Å². The first-order chi connectivity index (χ1) is 15.4. The number of nitrogens with two attached hydrogens (primary N) is 1. The van der Waals surface area contributed by atoms with Gasteiger partial charge in [-0.25, -0.2) is 4.79 Å². The number of hydrogen-bond acceptors (Lipinski definition) is 5. The molecule has 0 fully saturated rings. The molecule has 0 aliphatic carbocycles. The highest BCUT2D eigenvalue weighted by atomic mass is 32.1. The molecule has 0 radical (unpaired) electrons. The fraction of sp³-hybridized carbons (Fsp3) is 0.462. The molecule has 0 spiro atoms.